The highest BCUT2D eigenvalue weighted by Gasteiger charge is 2.38. The number of pyridine rings is 1. The molecule has 2 heterocycles. The molecule has 4 rings (SSSR count). The number of hydrogen-bond donors (Lipinski definition) is 3. The molecule has 0 saturated carbocycles. The number of halogens is 3. The number of benzene rings is 2. The monoisotopic (exact) mass is 563 g/mol. The molecule has 1 aliphatic heterocycles. The van der Waals surface area contributed by atoms with E-state index < -0.39 is 28.1 Å². The predicted molar refractivity (Wildman–Crippen MR) is 138 cm³/mol. The van der Waals surface area contributed by atoms with Crippen molar-refractivity contribution in [3.63, 3.8) is 0 Å². The zero-order valence-electron chi connectivity index (χ0n) is 20.5. The van der Waals surface area contributed by atoms with Crippen molar-refractivity contribution in [2.45, 2.75) is 24.4 Å². The molecule has 206 valence electrons. The minimum absolute atomic E-state index is 0.0500. The van der Waals surface area contributed by atoms with Crippen LogP contribution in [-0.2, 0) is 14.8 Å². The standard InChI is InChI=1S/C24H23N3O4S.C2HF3O2/c1-17-7-5-6-10-21(17)18-11-13-27(14-12-18)23-22(24(28)29)15-19(16-25-23)26-32(30,31)20-8-3-2-4-9-20;3-2(4,5)1(6)7/h2-11,15-16,26H,12-14H2,1H3,(H,28,29);(H,6,7). The fraction of sp³-hybridized carbons (Fsp3) is 0.192. The highest BCUT2D eigenvalue weighted by molar-refractivity contribution is 7.92. The summed E-state index contributed by atoms with van der Waals surface area (Å²) >= 11 is 0. The Balaban J connectivity index is 0.000000532. The number of anilines is 2. The van der Waals surface area contributed by atoms with Gasteiger partial charge in [0, 0.05) is 13.1 Å². The normalized spacial score (nSPS) is 13.5. The number of rotatable bonds is 6. The summed E-state index contributed by atoms with van der Waals surface area (Å²) in [4.78, 5) is 27.1. The van der Waals surface area contributed by atoms with E-state index in [-0.39, 0.29) is 16.1 Å². The molecular formula is C26H24F3N3O6S. The number of carboxylic acid groups (broad SMARTS) is 2. The number of nitrogens with one attached hydrogen (secondary N) is 1. The second kappa shape index (κ2) is 12.0. The highest BCUT2D eigenvalue weighted by atomic mass is 32.2. The summed E-state index contributed by atoms with van der Waals surface area (Å²) in [7, 11) is -3.84. The number of aliphatic carboxylic acids is 1. The van der Waals surface area contributed by atoms with Crippen LogP contribution in [0.1, 0.15) is 27.9 Å². The molecule has 1 aliphatic rings. The predicted octanol–water partition coefficient (Wildman–Crippen LogP) is 4.82. The molecule has 0 atom stereocenters. The number of carbonyl (C=O) groups is 2. The number of aromatic nitrogens is 1. The third-order valence-electron chi connectivity index (χ3n) is 5.64. The van der Waals surface area contributed by atoms with Gasteiger partial charge in [-0.25, -0.2) is 23.0 Å². The van der Waals surface area contributed by atoms with Gasteiger partial charge in [-0.05, 0) is 48.2 Å². The van der Waals surface area contributed by atoms with Gasteiger partial charge in [0.2, 0.25) is 0 Å². The van der Waals surface area contributed by atoms with Gasteiger partial charge in [0.1, 0.15) is 11.4 Å². The van der Waals surface area contributed by atoms with Gasteiger partial charge in [0.05, 0.1) is 16.8 Å². The fourth-order valence-corrected chi connectivity index (χ4v) is 4.83. The Morgan fingerprint density at radius 1 is 1.03 bits per heavy atom. The van der Waals surface area contributed by atoms with Gasteiger partial charge in [0.25, 0.3) is 10.0 Å². The minimum atomic E-state index is -5.08. The van der Waals surface area contributed by atoms with E-state index in [2.05, 4.69) is 34.8 Å². The van der Waals surface area contributed by atoms with E-state index in [1.54, 1.807) is 18.2 Å². The van der Waals surface area contributed by atoms with Crippen LogP contribution in [0.2, 0.25) is 0 Å². The van der Waals surface area contributed by atoms with Crippen LogP contribution in [-0.4, -0.2) is 54.8 Å². The van der Waals surface area contributed by atoms with Crippen LogP contribution in [0.25, 0.3) is 5.57 Å². The molecule has 0 spiro atoms. The number of carboxylic acids is 2. The quantitative estimate of drug-likeness (QED) is 0.389. The number of aromatic carboxylic acids is 1. The lowest BCUT2D eigenvalue weighted by molar-refractivity contribution is -0.192. The SMILES string of the molecule is Cc1ccccc1C1=CCN(c2ncc(NS(=O)(=O)c3ccccc3)cc2C(=O)O)CC1.O=C(O)C(F)(F)F. The molecule has 0 fully saturated rings. The largest absolute Gasteiger partial charge is 0.490 e. The molecule has 0 bridgehead atoms. The molecule has 1 aromatic heterocycles. The van der Waals surface area contributed by atoms with Gasteiger partial charge < -0.3 is 15.1 Å². The summed E-state index contributed by atoms with van der Waals surface area (Å²) in [6.07, 6.45) is -0.887. The van der Waals surface area contributed by atoms with Crippen molar-refractivity contribution >= 4 is 39.0 Å². The van der Waals surface area contributed by atoms with E-state index in [9.17, 15) is 31.5 Å². The minimum Gasteiger partial charge on any atom is -0.478 e. The number of aryl methyl sites for hydroxylation is 1. The lowest BCUT2D eigenvalue weighted by Crippen LogP contribution is -2.30. The van der Waals surface area contributed by atoms with E-state index in [1.165, 1.54) is 41.1 Å². The van der Waals surface area contributed by atoms with Crippen molar-refractivity contribution in [1.29, 1.82) is 0 Å². The Hall–Kier alpha value is -4.39. The number of alkyl halides is 3. The fourth-order valence-electron chi connectivity index (χ4n) is 3.78. The van der Waals surface area contributed by atoms with Gasteiger partial charge in [0.15, 0.2) is 0 Å². The molecule has 9 nitrogen and oxygen atoms in total. The molecule has 0 unspecified atom stereocenters. The van der Waals surface area contributed by atoms with Gasteiger partial charge in [-0.15, -0.1) is 0 Å². The average molecular weight is 564 g/mol. The van der Waals surface area contributed by atoms with Crippen molar-refractivity contribution < 1.29 is 41.4 Å². The van der Waals surface area contributed by atoms with Crippen LogP contribution in [0.4, 0.5) is 24.7 Å². The Morgan fingerprint density at radius 2 is 1.64 bits per heavy atom. The first-order valence-electron chi connectivity index (χ1n) is 11.4. The zero-order valence-corrected chi connectivity index (χ0v) is 21.3. The second-order valence-electron chi connectivity index (χ2n) is 8.36. The van der Waals surface area contributed by atoms with E-state index in [0.717, 1.165) is 6.42 Å². The Labute approximate surface area is 222 Å². The molecule has 3 N–H and O–H groups in total. The van der Waals surface area contributed by atoms with Crippen molar-refractivity contribution in [3.05, 3.63) is 89.6 Å². The second-order valence-corrected chi connectivity index (χ2v) is 10.0. The third kappa shape index (κ3) is 7.57. The topological polar surface area (TPSA) is 137 Å². The molecule has 0 radical (unpaired) electrons. The van der Waals surface area contributed by atoms with E-state index in [0.29, 0.717) is 18.9 Å². The Morgan fingerprint density at radius 3 is 2.18 bits per heavy atom. The van der Waals surface area contributed by atoms with E-state index >= 15 is 0 Å². The maximum Gasteiger partial charge on any atom is 0.490 e. The molecule has 0 saturated heterocycles. The maximum atomic E-state index is 12.6. The molecule has 3 aromatic rings. The summed E-state index contributed by atoms with van der Waals surface area (Å²) in [6, 6.07) is 17.4. The third-order valence-corrected chi connectivity index (χ3v) is 7.04. The summed E-state index contributed by atoms with van der Waals surface area (Å²) in [6.45, 7) is 3.20. The lowest BCUT2D eigenvalue weighted by Gasteiger charge is -2.29. The van der Waals surface area contributed by atoms with Crippen LogP contribution in [0.3, 0.4) is 0 Å². The number of sulfonamides is 1. The van der Waals surface area contributed by atoms with Crippen LogP contribution in [0, 0.1) is 6.92 Å². The zero-order chi connectivity index (χ0) is 28.8. The summed E-state index contributed by atoms with van der Waals surface area (Å²) in [5.41, 5.74) is 3.67. The van der Waals surface area contributed by atoms with Crippen LogP contribution in [0.5, 0.6) is 0 Å². The van der Waals surface area contributed by atoms with Gasteiger partial charge in [-0.2, -0.15) is 13.2 Å². The first kappa shape index (κ1) is 29.2. The van der Waals surface area contributed by atoms with Crippen LogP contribution < -0.4 is 9.62 Å². The summed E-state index contributed by atoms with van der Waals surface area (Å²) < 4.78 is 59.3. The van der Waals surface area contributed by atoms with Crippen molar-refractivity contribution in [2.24, 2.45) is 0 Å². The van der Waals surface area contributed by atoms with Gasteiger partial charge in [-0.3, -0.25) is 4.72 Å². The number of hydrogen-bond acceptors (Lipinski definition) is 6. The van der Waals surface area contributed by atoms with Crippen LogP contribution in [0.15, 0.2) is 77.8 Å². The first-order valence-corrected chi connectivity index (χ1v) is 12.9. The molecule has 2 aromatic carbocycles. The van der Waals surface area contributed by atoms with Crippen molar-refractivity contribution in [1.82, 2.24) is 4.98 Å². The van der Waals surface area contributed by atoms with Crippen molar-refractivity contribution in [3.8, 4) is 0 Å². The Bertz CT molecular complexity index is 1490. The molecule has 13 heteroatoms. The number of nitrogens with zero attached hydrogens (tertiary/aromatic N) is 2. The van der Waals surface area contributed by atoms with Crippen LogP contribution >= 0.6 is 0 Å². The Kier molecular flexibility index (Phi) is 8.96. The average Bonchev–Trinajstić information content (AvgIpc) is 2.89. The smallest absolute Gasteiger partial charge is 0.478 e. The lowest BCUT2D eigenvalue weighted by atomic mass is 9.95. The molecule has 0 aliphatic carbocycles. The maximum absolute atomic E-state index is 12.6. The van der Waals surface area contributed by atoms with E-state index in [1.807, 2.05) is 17.0 Å². The summed E-state index contributed by atoms with van der Waals surface area (Å²) in [5.74, 6) is -3.60. The molecular weight excluding hydrogens is 539 g/mol. The first-order chi connectivity index (χ1) is 18.3. The summed E-state index contributed by atoms with van der Waals surface area (Å²) in [5, 5.41) is 16.9. The van der Waals surface area contributed by atoms with E-state index in [4.69, 9.17) is 9.90 Å². The van der Waals surface area contributed by atoms with Crippen molar-refractivity contribution in [2.75, 3.05) is 22.7 Å². The molecule has 39 heavy (non-hydrogen) atoms. The van der Waals surface area contributed by atoms with Gasteiger partial charge >= 0.3 is 18.1 Å². The highest BCUT2D eigenvalue weighted by Crippen LogP contribution is 2.29. The van der Waals surface area contributed by atoms with Gasteiger partial charge in [-0.1, -0.05) is 48.5 Å². The molecule has 0 amide bonds.